The van der Waals surface area contributed by atoms with Crippen molar-refractivity contribution in [2.24, 2.45) is 0 Å². The minimum absolute atomic E-state index is 0.256. The highest BCUT2D eigenvalue weighted by Crippen LogP contribution is 2.31. The second-order valence-electron chi connectivity index (χ2n) is 7.39. The maximum absolute atomic E-state index is 11.8. The van der Waals surface area contributed by atoms with Crippen molar-refractivity contribution < 1.29 is 52.4 Å². The number of nitrogens with one attached hydrogen (secondary N) is 1. The number of benzene rings is 1. The van der Waals surface area contributed by atoms with Gasteiger partial charge in [0.1, 0.15) is 18.5 Å². The lowest BCUT2D eigenvalue weighted by molar-refractivity contribution is -0.288. The third-order valence-electron chi connectivity index (χ3n) is 4.38. The first-order valence-electron chi connectivity index (χ1n) is 10.3. The van der Waals surface area contributed by atoms with E-state index >= 15 is 0 Å². The lowest BCUT2D eigenvalue weighted by Gasteiger charge is -2.43. The highest BCUT2D eigenvalue weighted by atomic mass is 16.7. The van der Waals surface area contributed by atoms with Crippen LogP contribution in [0.1, 0.15) is 34.6 Å². The molecule has 1 aromatic carbocycles. The molecule has 1 saturated heterocycles. The monoisotopic (exact) mass is 481 g/mol. The lowest BCUT2D eigenvalue weighted by atomic mass is 9.98. The number of rotatable bonds is 8. The van der Waals surface area contributed by atoms with E-state index in [9.17, 15) is 24.0 Å². The van der Waals surface area contributed by atoms with E-state index in [1.807, 2.05) is 0 Å². The van der Waals surface area contributed by atoms with Gasteiger partial charge in [0.05, 0.1) is 0 Å². The van der Waals surface area contributed by atoms with E-state index in [0.717, 1.165) is 20.8 Å². The number of amides is 1. The molecular weight excluding hydrogens is 454 g/mol. The maximum Gasteiger partial charge on any atom is 0.303 e. The van der Waals surface area contributed by atoms with Crippen molar-refractivity contribution in [1.29, 1.82) is 0 Å². The summed E-state index contributed by atoms with van der Waals surface area (Å²) in [5.41, 5.74) is 0.515. The predicted octanol–water partition coefficient (Wildman–Crippen LogP) is 1.11. The quantitative estimate of drug-likeness (QED) is 0.419. The highest BCUT2D eigenvalue weighted by Gasteiger charge is 2.53. The molecule has 0 spiro atoms. The summed E-state index contributed by atoms with van der Waals surface area (Å²) in [7, 11) is 0. The van der Waals surface area contributed by atoms with E-state index in [1.54, 1.807) is 12.1 Å². The fraction of sp³-hybridized carbons (Fsp3) is 0.500. The van der Waals surface area contributed by atoms with Crippen LogP contribution in [0.25, 0.3) is 0 Å². The summed E-state index contributed by atoms with van der Waals surface area (Å²) in [4.78, 5) is 58.0. The number of hydrogen-bond donors (Lipinski definition) is 1. The van der Waals surface area contributed by atoms with Crippen molar-refractivity contribution in [3.05, 3.63) is 24.3 Å². The summed E-state index contributed by atoms with van der Waals surface area (Å²) in [5.74, 6) is -2.83. The van der Waals surface area contributed by atoms with Gasteiger partial charge in [-0.25, -0.2) is 0 Å². The van der Waals surface area contributed by atoms with Crippen LogP contribution < -0.4 is 10.1 Å². The molecule has 1 amide bonds. The van der Waals surface area contributed by atoms with Crippen molar-refractivity contribution in [2.45, 2.75) is 65.3 Å². The topological polar surface area (TPSA) is 153 Å². The van der Waals surface area contributed by atoms with Crippen LogP contribution in [0.3, 0.4) is 0 Å². The normalized spacial score (nSPS) is 23.7. The molecule has 34 heavy (non-hydrogen) atoms. The third-order valence-corrected chi connectivity index (χ3v) is 4.38. The van der Waals surface area contributed by atoms with Gasteiger partial charge in [-0.2, -0.15) is 0 Å². The molecule has 0 aromatic heterocycles. The van der Waals surface area contributed by atoms with Crippen LogP contribution in [-0.2, 0) is 47.7 Å². The summed E-state index contributed by atoms with van der Waals surface area (Å²) in [5, 5.41) is 2.61. The Morgan fingerprint density at radius 1 is 0.765 bits per heavy atom. The molecule has 2 rings (SSSR count). The molecule has 0 unspecified atom stereocenters. The molecule has 0 radical (unpaired) electrons. The number of anilines is 1. The van der Waals surface area contributed by atoms with E-state index in [2.05, 4.69) is 5.32 Å². The van der Waals surface area contributed by atoms with Gasteiger partial charge >= 0.3 is 23.9 Å². The molecular formula is C22H27NO11. The number of carbonyl (C=O) groups is 5. The summed E-state index contributed by atoms with van der Waals surface area (Å²) in [6, 6.07) is 6.20. The highest BCUT2D eigenvalue weighted by molar-refractivity contribution is 5.88. The van der Waals surface area contributed by atoms with Gasteiger partial charge in [-0.3, -0.25) is 24.0 Å². The molecule has 0 aliphatic carbocycles. The van der Waals surface area contributed by atoms with Crippen molar-refractivity contribution >= 4 is 35.5 Å². The number of ether oxygens (including phenoxy) is 6. The Balaban J connectivity index is 2.40. The van der Waals surface area contributed by atoms with E-state index in [0.29, 0.717) is 5.69 Å². The zero-order valence-corrected chi connectivity index (χ0v) is 19.4. The Morgan fingerprint density at radius 3 is 1.79 bits per heavy atom. The molecule has 1 N–H and O–H groups in total. The smallest absolute Gasteiger partial charge is 0.303 e. The summed E-state index contributed by atoms with van der Waals surface area (Å²) < 4.78 is 32.7. The SMILES string of the molecule is CC(=O)Nc1ccc(O[C@@H]2O[C@H](COC(C)=O)[C@@H](OC(C)=O)[C@H](OC(C)=O)[C@H]2OC(C)=O)cc1. The molecule has 1 heterocycles. The van der Waals surface area contributed by atoms with Crippen LogP contribution >= 0.6 is 0 Å². The first-order valence-corrected chi connectivity index (χ1v) is 10.3. The third kappa shape index (κ3) is 8.03. The zero-order valence-electron chi connectivity index (χ0n) is 19.4. The van der Waals surface area contributed by atoms with Gasteiger partial charge in [-0.15, -0.1) is 0 Å². The molecule has 0 saturated carbocycles. The van der Waals surface area contributed by atoms with E-state index < -0.39 is 54.6 Å². The summed E-state index contributed by atoms with van der Waals surface area (Å²) >= 11 is 0. The molecule has 12 nitrogen and oxygen atoms in total. The number of esters is 4. The number of carbonyl (C=O) groups excluding carboxylic acids is 5. The predicted molar refractivity (Wildman–Crippen MR) is 113 cm³/mol. The Bertz CT molecular complexity index is 914. The first kappa shape index (κ1) is 26.6. The molecule has 1 aliphatic heterocycles. The van der Waals surface area contributed by atoms with Gasteiger partial charge in [-0.1, -0.05) is 0 Å². The van der Waals surface area contributed by atoms with Crippen LogP contribution in [0.5, 0.6) is 5.75 Å². The standard InChI is InChI=1S/C22H27NO11/c1-11(24)23-16-6-8-17(9-7-16)33-22-21(32-15(5)28)20(31-14(4)27)19(30-13(3)26)18(34-22)10-29-12(2)25/h6-9,18-22H,10H2,1-5H3,(H,23,24)/t18-,19-,20+,21-,22-/m1/s1. The molecule has 186 valence electrons. The minimum Gasteiger partial charge on any atom is -0.463 e. The van der Waals surface area contributed by atoms with Gasteiger partial charge in [-0.05, 0) is 24.3 Å². The fourth-order valence-corrected chi connectivity index (χ4v) is 3.24. The van der Waals surface area contributed by atoms with Crippen LogP contribution in [0, 0.1) is 0 Å². The summed E-state index contributed by atoms with van der Waals surface area (Å²) in [6.45, 7) is 5.58. The van der Waals surface area contributed by atoms with Crippen molar-refractivity contribution in [1.82, 2.24) is 0 Å². The molecule has 1 aromatic rings. The average molecular weight is 481 g/mol. The van der Waals surface area contributed by atoms with Gasteiger partial charge in [0.2, 0.25) is 18.3 Å². The second-order valence-corrected chi connectivity index (χ2v) is 7.39. The molecule has 5 atom stereocenters. The van der Waals surface area contributed by atoms with E-state index in [1.165, 1.54) is 26.0 Å². The van der Waals surface area contributed by atoms with Crippen molar-refractivity contribution in [3.8, 4) is 5.75 Å². The fourth-order valence-electron chi connectivity index (χ4n) is 3.24. The van der Waals surface area contributed by atoms with E-state index in [-0.39, 0.29) is 18.3 Å². The molecule has 1 aliphatic rings. The van der Waals surface area contributed by atoms with Gasteiger partial charge in [0.15, 0.2) is 12.2 Å². The van der Waals surface area contributed by atoms with Crippen LogP contribution in [0.2, 0.25) is 0 Å². The Hall–Kier alpha value is -3.67. The summed E-state index contributed by atoms with van der Waals surface area (Å²) in [6.07, 6.45) is -6.40. The van der Waals surface area contributed by atoms with Crippen molar-refractivity contribution in [2.75, 3.05) is 11.9 Å². The largest absolute Gasteiger partial charge is 0.463 e. The Morgan fingerprint density at radius 2 is 1.29 bits per heavy atom. The number of hydrogen-bond acceptors (Lipinski definition) is 11. The molecule has 12 heteroatoms. The molecule has 1 fully saturated rings. The average Bonchev–Trinajstić information content (AvgIpc) is 2.71. The van der Waals surface area contributed by atoms with Crippen LogP contribution in [0.15, 0.2) is 24.3 Å². The van der Waals surface area contributed by atoms with E-state index in [4.69, 9.17) is 28.4 Å². The Labute approximate surface area is 195 Å². The minimum atomic E-state index is -1.34. The van der Waals surface area contributed by atoms with Crippen molar-refractivity contribution in [3.63, 3.8) is 0 Å². The van der Waals surface area contributed by atoms with Gasteiger partial charge < -0.3 is 33.7 Å². The zero-order chi connectivity index (χ0) is 25.4. The van der Waals surface area contributed by atoms with Crippen LogP contribution in [0.4, 0.5) is 5.69 Å². The maximum atomic E-state index is 11.8. The molecule has 0 bridgehead atoms. The van der Waals surface area contributed by atoms with Crippen LogP contribution in [-0.4, -0.2) is 67.1 Å². The van der Waals surface area contributed by atoms with Gasteiger partial charge in [0.25, 0.3) is 0 Å². The Kier molecular flexibility index (Phi) is 9.36. The first-order chi connectivity index (χ1) is 16.0. The lowest BCUT2D eigenvalue weighted by Crippen LogP contribution is -2.63. The van der Waals surface area contributed by atoms with Gasteiger partial charge in [0, 0.05) is 40.3 Å². The second kappa shape index (κ2) is 12.0.